The molecule has 2 N–H and O–H groups in total. The molecule has 0 bridgehead atoms. The third-order valence-electron chi connectivity index (χ3n) is 4.09. The summed E-state index contributed by atoms with van der Waals surface area (Å²) in [7, 11) is 0. The molecule has 0 aromatic heterocycles. The zero-order valence-electron chi connectivity index (χ0n) is 15.9. The van der Waals surface area contributed by atoms with E-state index in [1.165, 1.54) is 12.1 Å². The second kappa shape index (κ2) is 11.6. The van der Waals surface area contributed by atoms with Crippen molar-refractivity contribution >= 4 is 11.9 Å². The van der Waals surface area contributed by atoms with Crippen LogP contribution in [0.2, 0.25) is 0 Å². The molecule has 146 valence electrons. The van der Waals surface area contributed by atoms with Crippen LogP contribution in [0, 0.1) is 17.7 Å². The van der Waals surface area contributed by atoms with E-state index in [9.17, 15) is 14.0 Å². The van der Waals surface area contributed by atoms with Crippen LogP contribution in [0.5, 0.6) is 0 Å². The Morgan fingerprint density at radius 2 is 1.73 bits per heavy atom. The average Bonchev–Trinajstić information content (AvgIpc) is 2.60. The fraction of sp³-hybridized carbons (Fsp3) is 0.600. The van der Waals surface area contributed by atoms with E-state index in [0.717, 1.165) is 12.0 Å². The van der Waals surface area contributed by atoms with Gasteiger partial charge in [-0.05, 0) is 49.8 Å². The lowest BCUT2D eigenvalue weighted by molar-refractivity contribution is -0.148. The van der Waals surface area contributed by atoms with Crippen LogP contribution in [0.25, 0.3) is 0 Å². The van der Waals surface area contributed by atoms with Gasteiger partial charge in [-0.25, -0.2) is 4.39 Å². The lowest BCUT2D eigenvalue weighted by Gasteiger charge is -2.19. The average molecular weight is 367 g/mol. The Hall–Kier alpha value is -1.95. The van der Waals surface area contributed by atoms with Gasteiger partial charge in [0.1, 0.15) is 11.9 Å². The van der Waals surface area contributed by atoms with Gasteiger partial charge in [0.25, 0.3) is 0 Å². The van der Waals surface area contributed by atoms with Gasteiger partial charge in [0.05, 0.1) is 19.1 Å². The van der Waals surface area contributed by atoms with E-state index >= 15 is 0 Å². The zero-order valence-corrected chi connectivity index (χ0v) is 15.9. The number of ether oxygens (including phenoxy) is 2. The van der Waals surface area contributed by atoms with Gasteiger partial charge in [-0.2, -0.15) is 0 Å². The Balaban J connectivity index is 2.57. The van der Waals surface area contributed by atoms with E-state index in [2.05, 4.69) is 0 Å². The summed E-state index contributed by atoms with van der Waals surface area (Å²) in [5, 5.41) is 0. The lowest BCUT2D eigenvalue weighted by Crippen LogP contribution is -2.32. The van der Waals surface area contributed by atoms with Gasteiger partial charge in [0, 0.05) is 0 Å². The molecule has 6 heteroatoms. The number of carbonyl (C=O) groups excluding carboxylic acids is 2. The second-order valence-electron chi connectivity index (χ2n) is 6.77. The first kappa shape index (κ1) is 22.1. The van der Waals surface area contributed by atoms with Gasteiger partial charge < -0.3 is 15.2 Å². The van der Waals surface area contributed by atoms with Crippen LogP contribution >= 0.6 is 0 Å². The monoisotopic (exact) mass is 367 g/mol. The Labute approximate surface area is 155 Å². The quantitative estimate of drug-likeness (QED) is 0.608. The van der Waals surface area contributed by atoms with Gasteiger partial charge >= 0.3 is 11.9 Å². The second-order valence-corrected chi connectivity index (χ2v) is 6.77. The first-order valence-corrected chi connectivity index (χ1v) is 9.16. The molecule has 0 radical (unpaired) electrons. The number of esters is 2. The molecule has 0 amide bonds. The normalized spacial score (nSPS) is 13.3. The van der Waals surface area contributed by atoms with Crippen molar-refractivity contribution in [2.45, 2.75) is 52.5 Å². The van der Waals surface area contributed by atoms with Crippen LogP contribution in [0.3, 0.4) is 0 Å². The fourth-order valence-electron chi connectivity index (χ4n) is 2.56. The summed E-state index contributed by atoms with van der Waals surface area (Å²) in [6, 6.07) is 5.67. The van der Waals surface area contributed by atoms with E-state index in [1.807, 2.05) is 0 Å². The minimum Gasteiger partial charge on any atom is -0.465 e. The summed E-state index contributed by atoms with van der Waals surface area (Å²) in [6.07, 6.45) is 2.64. The topological polar surface area (TPSA) is 78.6 Å². The van der Waals surface area contributed by atoms with E-state index in [4.69, 9.17) is 15.2 Å². The van der Waals surface area contributed by atoms with Crippen LogP contribution in [0.4, 0.5) is 4.39 Å². The summed E-state index contributed by atoms with van der Waals surface area (Å²) in [6.45, 7) is 5.92. The van der Waals surface area contributed by atoms with Gasteiger partial charge in [0.2, 0.25) is 0 Å². The van der Waals surface area contributed by atoms with Gasteiger partial charge in [-0.15, -0.1) is 0 Å². The first-order chi connectivity index (χ1) is 12.3. The van der Waals surface area contributed by atoms with Gasteiger partial charge in [0.15, 0.2) is 0 Å². The number of hydrogen-bond acceptors (Lipinski definition) is 5. The molecule has 0 heterocycles. The summed E-state index contributed by atoms with van der Waals surface area (Å²) >= 11 is 0. The largest absolute Gasteiger partial charge is 0.465 e. The molecule has 0 spiro atoms. The van der Waals surface area contributed by atoms with Crippen molar-refractivity contribution in [2.75, 3.05) is 13.2 Å². The van der Waals surface area contributed by atoms with Gasteiger partial charge in [-0.3, -0.25) is 9.59 Å². The maximum absolute atomic E-state index is 13.1. The highest BCUT2D eigenvalue weighted by Gasteiger charge is 2.18. The maximum atomic E-state index is 13.1. The van der Waals surface area contributed by atoms with Crippen molar-refractivity contribution in [3.63, 3.8) is 0 Å². The number of carbonyl (C=O) groups is 2. The maximum Gasteiger partial charge on any atom is 0.322 e. The SMILES string of the molecule is CCOC(=O)C(N)CCCC(COC(=O)C(C)C)Cc1ccc(F)cc1. The van der Waals surface area contributed by atoms with E-state index in [0.29, 0.717) is 32.5 Å². The molecule has 2 unspecified atom stereocenters. The first-order valence-electron chi connectivity index (χ1n) is 9.16. The predicted molar refractivity (Wildman–Crippen MR) is 97.9 cm³/mol. The number of hydrogen-bond donors (Lipinski definition) is 1. The van der Waals surface area contributed by atoms with Crippen molar-refractivity contribution in [1.82, 2.24) is 0 Å². The van der Waals surface area contributed by atoms with Crippen LogP contribution in [0.15, 0.2) is 24.3 Å². The van der Waals surface area contributed by atoms with E-state index < -0.39 is 12.0 Å². The Bertz CT molecular complexity index is 559. The highest BCUT2D eigenvalue weighted by Crippen LogP contribution is 2.18. The highest BCUT2D eigenvalue weighted by atomic mass is 19.1. The third-order valence-corrected chi connectivity index (χ3v) is 4.09. The Kier molecular flexibility index (Phi) is 9.88. The van der Waals surface area contributed by atoms with Crippen molar-refractivity contribution < 1.29 is 23.5 Å². The molecule has 2 atom stereocenters. The number of benzene rings is 1. The number of rotatable bonds is 11. The Morgan fingerprint density at radius 3 is 2.31 bits per heavy atom. The molecule has 0 saturated heterocycles. The van der Waals surface area contributed by atoms with Gasteiger partial charge in [-0.1, -0.05) is 32.4 Å². The molecule has 26 heavy (non-hydrogen) atoms. The van der Waals surface area contributed by atoms with Crippen molar-refractivity contribution in [3.8, 4) is 0 Å². The van der Waals surface area contributed by atoms with Crippen molar-refractivity contribution in [2.24, 2.45) is 17.6 Å². The van der Waals surface area contributed by atoms with E-state index in [1.54, 1.807) is 32.9 Å². The predicted octanol–water partition coefficient (Wildman–Crippen LogP) is 3.24. The van der Waals surface area contributed by atoms with Crippen molar-refractivity contribution in [1.29, 1.82) is 0 Å². The minimum absolute atomic E-state index is 0.0811. The van der Waals surface area contributed by atoms with Crippen LogP contribution in [0.1, 0.15) is 45.6 Å². The van der Waals surface area contributed by atoms with E-state index in [-0.39, 0.29) is 23.6 Å². The third kappa shape index (κ3) is 8.43. The molecule has 0 fully saturated rings. The molecular weight excluding hydrogens is 337 g/mol. The summed E-state index contributed by atoms with van der Waals surface area (Å²) in [4.78, 5) is 23.3. The molecule has 1 aromatic rings. The summed E-state index contributed by atoms with van der Waals surface area (Å²) in [5.41, 5.74) is 6.80. The highest BCUT2D eigenvalue weighted by molar-refractivity contribution is 5.75. The molecule has 1 rings (SSSR count). The standard InChI is InChI=1S/C20H30FNO4/c1-4-25-20(24)18(22)7-5-6-16(13-26-19(23)14(2)3)12-15-8-10-17(21)11-9-15/h8-11,14,16,18H,4-7,12-13,22H2,1-3H3. The molecule has 0 aliphatic heterocycles. The van der Waals surface area contributed by atoms with Crippen LogP contribution in [-0.2, 0) is 25.5 Å². The molecule has 1 aromatic carbocycles. The van der Waals surface area contributed by atoms with Crippen molar-refractivity contribution in [3.05, 3.63) is 35.6 Å². The summed E-state index contributed by atoms with van der Waals surface area (Å²) in [5.74, 6) is -1.01. The van der Waals surface area contributed by atoms with Crippen LogP contribution < -0.4 is 5.73 Å². The zero-order chi connectivity index (χ0) is 19.5. The fourth-order valence-corrected chi connectivity index (χ4v) is 2.56. The molecule has 0 aliphatic carbocycles. The smallest absolute Gasteiger partial charge is 0.322 e. The molecule has 0 saturated carbocycles. The number of nitrogens with two attached hydrogens (primary N) is 1. The minimum atomic E-state index is -0.639. The number of halogens is 1. The Morgan fingerprint density at radius 1 is 1.08 bits per heavy atom. The molecule has 0 aliphatic rings. The molecule has 5 nitrogen and oxygen atoms in total. The molecular formula is C20H30FNO4. The summed E-state index contributed by atoms with van der Waals surface area (Å²) < 4.78 is 23.3. The lowest BCUT2D eigenvalue weighted by atomic mass is 9.93. The van der Waals surface area contributed by atoms with Crippen LogP contribution in [-0.4, -0.2) is 31.2 Å².